The second-order valence-electron chi connectivity index (χ2n) is 8.66. The van der Waals surface area contributed by atoms with Crippen molar-refractivity contribution in [1.29, 1.82) is 0 Å². The molecule has 0 N–H and O–H groups in total. The largest absolute Gasteiger partial charge is 0.496 e. The van der Waals surface area contributed by atoms with Crippen molar-refractivity contribution >= 4 is 18.0 Å². The Morgan fingerprint density at radius 1 is 1.28 bits per heavy atom. The molecule has 1 amide bonds. The van der Waals surface area contributed by atoms with Crippen LogP contribution in [0.25, 0.3) is 6.08 Å². The smallest absolute Gasteiger partial charge is 0.410 e. The summed E-state index contributed by atoms with van der Waals surface area (Å²) in [6, 6.07) is 3.58. The van der Waals surface area contributed by atoms with Crippen LogP contribution in [0.3, 0.4) is 0 Å². The summed E-state index contributed by atoms with van der Waals surface area (Å²) in [6.07, 6.45) is 7.88. The van der Waals surface area contributed by atoms with Crippen LogP contribution in [0.5, 0.6) is 11.5 Å². The molecule has 2 aliphatic rings. The molecule has 0 aromatic heterocycles. The maximum atomic E-state index is 12.2. The summed E-state index contributed by atoms with van der Waals surface area (Å²) in [5.41, 5.74) is 1.00. The number of allylic oxidation sites excluding steroid dienone is 1. The zero-order valence-corrected chi connectivity index (χ0v) is 17.8. The molecule has 0 radical (unpaired) electrons. The Labute approximate surface area is 172 Å². The summed E-state index contributed by atoms with van der Waals surface area (Å²) in [4.78, 5) is 25.8. The second kappa shape index (κ2) is 8.89. The molecule has 1 aromatic rings. The van der Waals surface area contributed by atoms with Crippen molar-refractivity contribution in [2.45, 2.75) is 52.1 Å². The number of nitrogens with zero attached hydrogens (tertiary/aromatic N) is 1. The Kier molecular flexibility index (Phi) is 6.50. The standard InChI is InChI=1S/C23H31NO5/c1-23(2,3)29-22(26)24-13-11-16(12-14-24)7-5-6-8-18-20(27-4)10-9-17-19(25)15-28-21(17)18/h6,8-10,16H,5,7,11-15H2,1-4H3/b8-6+. The maximum Gasteiger partial charge on any atom is 0.410 e. The Morgan fingerprint density at radius 2 is 2.00 bits per heavy atom. The van der Waals surface area contributed by atoms with Gasteiger partial charge in [-0.2, -0.15) is 0 Å². The minimum absolute atomic E-state index is 0.00838. The van der Waals surface area contributed by atoms with Crippen LogP contribution in [0.15, 0.2) is 18.2 Å². The molecule has 0 spiro atoms. The number of ketones is 1. The van der Waals surface area contributed by atoms with E-state index in [0.717, 1.165) is 44.3 Å². The molecule has 1 fully saturated rings. The molecule has 0 atom stereocenters. The zero-order chi connectivity index (χ0) is 21.0. The average molecular weight is 402 g/mol. The van der Waals surface area contributed by atoms with Gasteiger partial charge in [0.2, 0.25) is 5.78 Å². The van der Waals surface area contributed by atoms with E-state index in [-0.39, 0.29) is 18.5 Å². The number of carbonyl (C=O) groups is 2. The van der Waals surface area contributed by atoms with Gasteiger partial charge in [-0.15, -0.1) is 0 Å². The number of carbonyl (C=O) groups excluding carboxylic acids is 2. The minimum atomic E-state index is -0.453. The molecular formula is C23H31NO5. The Balaban J connectivity index is 1.50. The van der Waals surface area contributed by atoms with Crippen LogP contribution in [0.4, 0.5) is 4.79 Å². The number of Topliss-reactive ketones (excluding diaryl/α,β-unsaturated/α-hetero) is 1. The van der Waals surface area contributed by atoms with Gasteiger partial charge in [0.05, 0.1) is 18.2 Å². The van der Waals surface area contributed by atoms with Crippen LogP contribution in [-0.4, -0.2) is 49.2 Å². The van der Waals surface area contributed by atoms with E-state index < -0.39 is 5.60 Å². The van der Waals surface area contributed by atoms with Gasteiger partial charge in [0.25, 0.3) is 0 Å². The molecule has 0 unspecified atom stereocenters. The fraction of sp³-hybridized carbons (Fsp3) is 0.565. The normalized spacial score (nSPS) is 17.4. The molecule has 158 valence electrons. The molecule has 6 nitrogen and oxygen atoms in total. The number of fused-ring (bicyclic) bond motifs is 1. The SMILES string of the molecule is COc1ccc2c(c1/C=C/CCC1CCN(C(=O)OC(C)(C)C)CC1)OCC2=O. The number of ether oxygens (including phenoxy) is 3. The lowest BCUT2D eigenvalue weighted by molar-refractivity contribution is 0.0181. The van der Waals surface area contributed by atoms with Crippen molar-refractivity contribution in [1.82, 2.24) is 4.90 Å². The highest BCUT2D eigenvalue weighted by Gasteiger charge is 2.27. The summed E-state index contributed by atoms with van der Waals surface area (Å²) >= 11 is 0. The molecule has 3 rings (SSSR count). The number of likely N-dealkylation sites (tertiary alicyclic amines) is 1. The summed E-state index contributed by atoms with van der Waals surface area (Å²) < 4.78 is 16.5. The fourth-order valence-corrected chi connectivity index (χ4v) is 3.77. The average Bonchev–Trinajstić information content (AvgIpc) is 3.05. The van der Waals surface area contributed by atoms with E-state index in [2.05, 4.69) is 6.08 Å². The van der Waals surface area contributed by atoms with Gasteiger partial charge in [-0.3, -0.25) is 4.79 Å². The second-order valence-corrected chi connectivity index (χ2v) is 8.66. The number of hydrogen-bond donors (Lipinski definition) is 0. The van der Waals surface area contributed by atoms with Gasteiger partial charge in [-0.25, -0.2) is 4.79 Å². The highest BCUT2D eigenvalue weighted by molar-refractivity contribution is 6.03. The zero-order valence-electron chi connectivity index (χ0n) is 17.8. The first-order valence-corrected chi connectivity index (χ1v) is 10.3. The lowest BCUT2D eigenvalue weighted by atomic mass is 9.92. The Morgan fingerprint density at radius 3 is 2.66 bits per heavy atom. The molecule has 1 saturated heterocycles. The number of amides is 1. The molecule has 0 saturated carbocycles. The van der Waals surface area contributed by atoms with Crippen molar-refractivity contribution in [2.24, 2.45) is 5.92 Å². The maximum absolute atomic E-state index is 12.2. The van der Waals surface area contributed by atoms with Crippen molar-refractivity contribution < 1.29 is 23.8 Å². The molecule has 0 bridgehead atoms. The van der Waals surface area contributed by atoms with Gasteiger partial charge in [0, 0.05) is 13.1 Å². The quantitative estimate of drug-likeness (QED) is 0.715. The number of methoxy groups -OCH3 is 1. The number of benzene rings is 1. The van der Waals surface area contributed by atoms with Crippen LogP contribution < -0.4 is 9.47 Å². The van der Waals surface area contributed by atoms with Crippen LogP contribution in [0.1, 0.15) is 62.4 Å². The first-order valence-electron chi connectivity index (χ1n) is 10.3. The summed E-state index contributed by atoms with van der Waals surface area (Å²) in [7, 11) is 1.62. The molecular weight excluding hydrogens is 370 g/mol. The number of piperidine rings is 1. The highest BCUT2D eigenvalue weighted by Crippen LogP contribution is 2.37. The number of rotatable bonds is 5. The third-order valence-corrected chi connectivity index (χ3v) is 5.32. The summed E-state index contributed by atoms with van der Waals surface area (Å²) in [6.45, 7) is 7.27. The van der Waals surface area contributed by atoms with E-state index in [0.29, 0.717) is 23.0 Å². The van der Waals surface area contributed by atoms with Crippen LogP contribution in [0, 0.1) is 5.92 Å². The van der Waals surface area contributed by atoms with Gasteiger partial charge in [0.1, 0.15) is 17.1 Å². The predicted octanol–water partition coefficient (Wildman–Crippen LogP) is 4.71. The summed E-state index contributed by atoms with van der Waals surface area (Å²) in [5, 5.41) is 0. The predicted molar refractivity (Wildman–Crippen MR) is 112 cm³/mol. The van der Waals surface area contributed by atoms with Gasteiger partial charge < -0.3 is 19.1 Å². The molecule has 29 heavy (non-hydrogen) atoms. The van der Waals surface area contributed by atoms with E-state index >= 15 is 0 Å². The molecule has 1 aromatic carbocycles. The van der Waals surface area contributed by atoms with Crippen molar-refractivity contribution in [2.75, 3.05) is 26.8 Å². The highest BCUT2D eigenvalue weighted by atomic mass is 16.6. The minimum Gasteiger partial charge on any atom is -0.496 e. The Bertz CT molecular complexity index is 785. The van der Waals surface area contributed by atoms with Gasteiger partial charge >= 0.3 is 6.09 Å². The van der Waals surface area contributed by atoms with Crippen LogP contribution in [-0.2, 0) is 4.74 Å². The number of hydrogen-bond acceptors (Lipinski definition) is 5. The van der Waals surface area contributed by atoms with E-state index in [4.69, 9.17) is 14.2 Å². The fourth-order valence-electron chi connectivity index (χ4n) is 3.77. The van der Waals surface area contributed by atoms with Crippen molar-refractivity contribution in [3.05, 3.63) is 29.3 Å². The van der Waals surface area contributed by atoms with Crippen LogP contribution in [0.2, 0.25) is 0 Å². The first-order chi connectivity index (χ1) is 13.8. The lowest BCUT2D eigenvalue weighted by Gasteiger charge is -2.33. The van der Waals surface area contributed by atoms with Crippen molar-refractivity contribution in [3.8, 4) is 11.5 Å². The molecule has 2 aliphatic heterocycles. The topological polar surface area (TPSA) is 65.1 Å². The molecule has 6 heteroatoms. The third-order valence-electron chi connectivity index (χ3n) is 5.32. The molecule has 2 heterocycles. The monoisotopic (exact) mass is 401 g/mol. The molecule has 0 aliphatic carbocycles. The lowest BCUT2D eigenvalue weighted by Crippen LogP contribution is -2.41. The van der Waals surface area contributed by atoms with Gasteiger partial charge in [-0.1, -0.05) is 12.2 Å². The van der Waals surface area contributed by atoms with Gasteiger partial charge in [-0.05, 0) is 64.5 Å². The summed E-state index contributed by atoms with van der Waals surface area (Å²) in [5.74, 6) is 1.94. The van der Waals surface area contributed by atoms with Crippen LogP contribution >= 0.6 is 0 Å². The Hall–Kier alpha value is -2.50. The van der Waals surface area contributed by atoms with E-state index in [1.807, 2.05) is 37.8 Å². The third kappa shape index (κ3) is 5.31. The van der Waals surface area contributed by atoms with E-state index in [1.165, 1.54) is 0 Å². The van der Waals surface area contributed by atoms with E-state index in [1.54, 1.807) is 13.2 Å². The van der Waals surface area contributed by atoms with Crippen molar-refractivity contribution in [3.63, 3.8) is 0 Å². The van der Waals surface area contributed by atoms with Gasteiger partial charge in [0.15, 0.2) is 6.61 Å². The van der Waals surface area contributed by atoms with E-state index in [9.17, 15) is 9.59 Å². The first kappa shape index (κ1) is 21.2.